The molecule has 12 nitrogen and oxygen atoms in total. The summed E-state index contributed by atoms with van der Waals surface area (Å²) in [4.78, 5) is 50.2. The first-order valence-corrected chi connectivity index (χ1v) is 13.3. The topological polar surface area (TPSA) is 167 Å². The van der Waals surface area contributed by atoms with E-state index in [9.17, 15) is 29.4 Å². The van der Waals surface area contributed by atoms with E-state index in [0.717, 1.165) is 10.5 Å². The quantitative estimate of drug-likeness (QED) is 0.215. The van der Waals surface area contributed by atoms with Gasteiger partial charge in [-0.15, -0.1) is 0 Å². The minimum atomic E-state index is -1.30. The zero-order valence-electron chi connectivity index (χ0n) is 23.7. The normalized spacial score (nSPS) is 12.4. The van der Waals surface area contributed by atoms with Crippen LogP contribution in [0.4, 0.5) is 14.4 Å². The van der Waals surface area contributed by atoms with Gasteiger partial charge in [0.15, 0.2) is 0 Å². The van der Waals surface area contributed by atoms with Gasteiger partial charge in [0.1, 0.15) is 18.2 Å². The molecule has 0 fully saturated rings. The molecule has 0 spiro atoms. The molecule has 0 radical (unpaired) electrons. The molecule has 0 heterocycles. The van der Waals surface area contributed by atoms with Crippen molar-refractivity contribution >= 4 is 24.2 Å². The van der Waals surface area contributed by atoms with Crippen LogP contribution in [-0.4, -0.2) is 76.7 Å². The molecule has 0 aromatic heterocycles. The first-order valence-electron chi connectivity index (χ1n) is 13.3. The number of amides is 4. The maximum atomic E-state index is 13.1. The molecule has 12 heteroatoms. The molecule has 4 amide bonds. The van der Waals surface area contributed by atoms with Gasteiger partial charge in [0.05, 0.1) is 6.10 Å². The Morgan fingerprint density at radius 2 is 1.44 bits per heavy atom. The van der Waals surface area contributed by atoms with Gasteiger partial charge in [0.2, 0.25) is 5.91 Å². The molecule has 0 aliphatic carbocycles. The Balaban J connectivity index is 1.94. The minimum Gasteiger partial charge on any atom is -0.465 e. The van der Waals surface area contributed by atoms with Gasteiger partial charge in [-0.1, -0.05) is 60.7 Å². The molecule has 0 aliphatic rings. The van der Waals surface area contributed by atoms with Crippen LogP contribution in [0.25, 0.3) is 0 Å². The van der Waals surface area contributed by atoms with E-state index in [1.165, 1.54) is 0 Å². The minimum absolute atomic E-state index is 0.0381. The number of hydrogen-bond donors (Lipinski definition) is 5. The summed E-state index contributed by atoms with van der Waals surface area (Å²) in [6.45, 7) is 4.92. The number of carboxylic acid groups (broad SMARTS) is 1. The van der Waals surface area contributed by atoms with Crippen LogP contribution in [0.3, 0.4) is 0 Å². The molecule has 5 N–H and O–H groups in total. The zero-order valence-corrected chi connectivity index (χ0v) is 23.7. The van der Waals surface area contributed by atoms with Crippen molar-refractivity contribution < 1.29 is 38.9 Å². The van der Waals surface area contributed by atoms with E-state index in [0.29, 0.717) is 5.56 Å². The Morgan fingerprint density at radius 3 is 2.02 bits per heavy atom. The number of carbonyl (C=O) groups excluding carboxylic acids is 3. The van der Waals surface area contributed by atoms with Crippen molar-refractivity contribution in [1.82, 2.24) is 20.9 Å². The Labute approximate surface area is 240 Å². The Kier molecular flexibility index (Phi) is 13.4. The highest BCUT2D eigenvalue weighted by Crippen LogP contribution is 2.14. The number of alkyl carbamates (subject to hydrolysis) is 2. The third-order valence-electron chi connectivity index (χ3n) is 5.65. The summed E-state index contributed by atoms with van der Waals surface area (Å²) in [5.74, 6) is -0.619. The lowest BCUT2D eigenvalue weighted by molar-refractivity contribution is -0.126. The summed E-state index contributed by atoms with van der Waals surface area (Å²) >= 11 is 0. The van der Waals surface area contributed by atoms with Crippen LogP contribution in [0.1, 0.15) is 44.7 Å². The van der Waals surface area contributed by atoms with Crippen molar-refractivity contribution in [2.75, 3.05) is 19.6 Å². The van der Waals surface area contributed by atoms with E-state index >= 15 is 0 Å². The molecule has 41 heavy (non-hydrogen) atoms. The number of aliphatic hydroxyl groups excluding tert-OH is 1. The number of nitrogens with one attached hydrogen (secondary N) is 3. The van der Waals surface area contributed by atoms with Crippen LogP contribution < -0.4 is 16.0 Å². The van der Waals surface area contributed by atoms with Crippen LogP contribution in [0, 0.1) is 0 Å². The Hall–Kier alpha value is -4.32. The molecule has 2 aromatic carbocycles. The summed E-state index contributed by atoms with van der Waals surface area (Å²) < 4.78 is 10.3. The smallest absolute Gasteiger partial charge is 0.408 e. The third-order valence-corrected chi connectivity index (χ3v) is 5.65. The summed E-state index contributed by atoms with van der Waals surface area (Å²) in [7, 11) is 0. The molecule has 0 saturated carbocycles. The van der Waals surface area contributed by atoms with E-state index in [4.69, 9.17) is 9.47 Å². The third kappa shape index (κ3) is 13.5. The number of ether oxygens (including phenoxy) is 2. The second-order valence-electron chi connectivity index (χ2n) is 10.3. The summed E-state index contributed by atoms with van der Waals surface area (Å²) in [5.41, 5.74) is 0.820. The number of nitrogens with zero attached hydrogens (tertiary/aromatic N) is 1. The summed E-state index contributed by atoms with van der Waals surface area (Å²) in [5, 5.41) is 27.8. The Bertz CT molecular complexity index is 1110. The molecule has 2 aromatic rings. The number of aliphatic hydroxyl groups is 1. The fourth-order valence-electron chi connectivity index (χ4n) is 3.70. The van der Waals surface area contributed by atoms with E-state index < -0.39 is 41.9 Å². The maximum absolute atomic E-state index is 13.1. The largest absolute Gasteiger partial charge is 0.465 e. The predicted octanol–water partition coefficient (Wildman–Crippen LogP) is 3.24. The number of rotatable bonds is 14. The number of carbonyl (C=O) groups is 4. The lowest BCUT2D eigenvalue weighted by Crippen LogP contribution is -2.51. The van der Waals surface area contributed by atoms with Gasteiger partial charge in [-0.3, -0.25) is 9.69 Å². The molecule has 0 aliphatic heterocycles. The van der Waals surface area contributed by atoms with E-state index in [2.05, 4.69) is 16.0 Å². The standard InChI is InChI=1S/C29H40N4O8/c1-29(2,3)41-27(37)32-18-23(34)17-31-25(35)24(33(28(38)39)19-21-11-6-4-7-12-21)15-10-16-30-26(36)40-20-22-13-8-5-9-14-22/h4-9,11-14,23-24,34H,10,15-20H2,1-3H3,(H,30,36)(H,31,35)(H,32,37)(H,38,39)/t23?,24-/m0/s1. The SMILES string of the molecule is CC(C)(C)OC(=O)NCC(O)CNC(=O)[C@H](CCCNC(=O)OCc1ccccc1)N(Cc1ccccc1)C(=O)O. The van der Waals surface area contributed by atoms with E-state index in [-0.39, 0.29) is 45.6 Å². The maximum Gasteiger partial charge on any atom is 0.408 e. The van der Waals surface area contributed by atoms with Crippen molar-refractivity contribution in [2.24, 2.45) is 0 Å². The lowest BCUT2D eigenvalue weighted by Gasteiger charge is -2.29. The van der Waals surface area contributed by atoms with Gasteiger partial charge in [-0.2, -0.15) is 0 Å². The monoisotopic (exact) mass is 572 g/mol. The number of hydrogen-bond acceptors (Lipinski definition) is 7. The fourth-order valence-corrected chi connectivity index (χ4v) is 3.70. The van der Waals surface area contributed by atoms with Crippen molar-refractivity contribution in [3.05, 3.63) is 71.8 Å². The molecule has 0 saturated heterocycles. The zero-order chi connectivity index (χ0) is 30.3. The van der Waals surface area contributed by atoms with Crippen molar-refractivity contribution in [2.45, 2.75) is 64.5 Å². The highest BCUT2D eigenvalue weighted by Gasteiger charge is 2.30. The van der Waals surface area contributed by atoms with Crippen LogP contribution in [0.5, 0.6) is 0 Å². The fraction of sp³-hybridized carbons (Fsp3) is 0.448. The van der Waals surface area contributed by atoms with Gasteiger partial charge in [-0.05, 0) is 44.7 Å². The Morgan fingerprint density at radius 1 is 0.854 bits per heavy atom. The molecule has 2 rings (SSSR count). The molecule has 1 unspecified atom stereocenters. The van der Waals surface area contributed by atoms with Crippen molar-refractivity contribution in [3.63, 3.8) is 0 Å². The van der Waals surface area contributed by atoms with E-state index in [1.807, 2.05) is 30.3 Å². The second kappa shape index (κ2) is 16.7. The van der Waals surface area contributed by atoms with Gasteiger partial charge < -0.3 is 35.6 Å². The van der Waals surface area contributed by atoms with Gasteiger partial charge in [0, 0.05) is 26.2 Å². The average molecular weight is 573 g/mol. The highest BCUT2D eigenvalue weighted by molar-refractivity contribution is 5.85. The van der Waals surface area contributed by atoms with Crippen LogP contribution in [0.2, 0.25) is 0 Å². The van der Waals surface area contributed by atoms with Crippen LogP contribution in [-0.2, 0) is 27.4 Å². The van der Waals surface area contributed by atoms with E-state index in [1.54, 1.807) is 51.1 Å². The molecule has 2 atom stereocenters. The van der Waals surface area contributed by atoms with Crippen LogP contribution in [0.15, 0.2) is 60.7 Å². The summed E-state index contributed by atoms with van der Waals surface area (Å²) in [6.07, 6.45) is -3.40. The molecular weight excluding hydrogens is 532 g/mol. The van der Waals surface area contributed by atoms with Gasteiger partial charge >= 0.3 is 18.3 Å². The lowest BCUT2D eigenvalue weighted by atomic mass is 10.1. The van der Waals surface area contributed by atoms with Gasteiger partial charge in [0.25, 0.3) is 0 Å². The first-order chi connectivity index (χ1) is 19.4. The molecule has 224 valence electrons. The van der Waals surface area contributed by atoms with Crippen LogP contribution >= 0.6 is 0 Å². The molecular formula is C29H40N4O8. The number of benzene rings is 2. The second-order valence-corrected chi connectivity index (χ2v) is 10.3. The summed E-state index contributed by atoms with van der Waals surface area (Å²) in [6, 6.07) is 16.9. The predicted molar refractivity (Wildman–Crippen MR) is 151 cm³/mol. The van der Waals surface area contributed by atoms with Gasteiger partial charge in [-0.25, -0.2) is 14.4 Å². The molecule has 0 bridgehead atoms. The first kappa shape index (κ1) is 32.9. The highest BCUT2D eigenvalue weighted by atomic mass is 16.6. The van der Waals surface area contributed by atoms with Crippen molar-refractivity contribution in [3.8, 4) is 0 Å². The van der Waals surface area contributed by atoms with Crippen molar-refractivity contribution in [1.29, 1.82) is 0 Å². The average Bonchev–Trinajstić information content (AvgIpc) is 2.93.